The van der Waals surface area contributed by atoms with Crippen molar-refractivity contribution in [1.29, 1.82) is 0 Å². The molecule has 0 spiro atoms. The zero-order valence-electron chi connectivity index (χ0n) is 16.0. The van der Waals surface area contributed by atoms with E-state index in [4.69, 9.17) is 8.92 Å². The van der Waals surface area contributed by atoms with Crippen molar-refractivity contribution in [2.75, 3.05) is 31.6 Å². The summed E-state index contributed by atoms with van der Waals surface area (Å²) in [6.07, 6.45) is 2.00. The molecular formula is C20H24N2O5S. The number of ether oxygens (including phenoxy) is 1. The summed E-state index contributed by atoms with van der Waals surface area (Å²) in [5, 5.41) is 0. The smallest absolute Gasteiger partial charge is 0.339 e. The molecule has 0 radical (unpaired) electrons. The van der Waals surface area contributed by atoms with Gasteiger partial charge in [-0.2, -0.15) is 8.42 Å². The molecule has 8 heteroatoms. The van der Waals surface area contributed by atoms with Crippen LogP contribution in [-0.2, 0) is 10.1 Å². The molecule has 0 saturated carbocycles. The summed E-state index contributed by atoms with van der Waals surface area (Å²) >= 11 is 0. The van der Waals surface area contributed by atoms with E-state index in [1.807, 2.05) is 4.90 Å². The van der Waals surface area contributed by atoms with E-state index < -0.39 is 10.1 Å². The van der Waals surface area contributed by atoms with Gasteiger partial charge >= 0.3 is 16.1 Å². The first-order valence-electron chi connectivity index (χ1n) is 9.20. The number of hydrogen-bond acceptors (Lipinski definition) is 5. The van der Waals surface area contributed by atoms with Crippen LogP contribution in [0.25, 0.3) is 0 Å². The van der Waals surface area contributed by atoms with E-state index in [-0.39, 0.29) is 16.7 Å². The van der Waals surface area contributed by atoms with E-state index in [1.54, 1.807) is 35.2 Å². The second kappa shape index (κ2) is 8.52. The van der Waals surface area contributed by atoms with Gasteiger partial charge in [0.1, 0.15) is 4.90 Å². The Morgan fingerprint density at radius 2 is 1.68 bits per heavy atom. The molecule has 2 amide bonds. The second-order valence-electron chi connectivity index (χ2n) is 6.46. The van der Waals surface area contributed by atoms with Gasteiger partial charge in [0.2, 0.25) is 0 Å². The molecule has 1 heterocycles. The molecule has 2 aromatic carbocycles. The maximum atomic E-state index is 12.6. The lowest BCUT2D eigenvalue weighted by Crippen LogP contribution is -2.32. The van der Waals surface area contributed by atoms with E-state index in [1.165, 1.54) is 25.3 Å². The SMILES string of the molecule is CCCCN1CCN(c2ccc(S(=O)(=O)Oc3ccccc3OC)cc2)C1=O. The minimum absolute atomic E-state index is 0.0108. The van der Waals surface area contributed by atoms with Crippen molar-refractivity contribution in [1.82, 2.24) is 4.90 Å². The number of carbonyl (C=O) groups excluding carboxylic acids is 1. The zero-order chi connectivity index (χ0) is 20.1. The molecule has 150 valence electrons. The number of carbonyl (C=O) groups is 1. The summed E-state index contributed by atoms with van der Waals surface area (Å²) in [4.78, 5) is 16.0. The molecule has 1 fully saturated rings. The lowest BCUT2D eigenvalue weighted by Gasteiger charge is -2.18. The van der Waals surface area contributed by atoms with Crippen molar-refractivity contribution < 1.29 is 22.1 Å². The highest BCUT2D eigenvalue weighted by molar-refractivity contribution is 7.87. The lowest BCUT2D eigenvalue weighted by molar-refractivity contribution is 0.220. The Morgan fingerprint density at radius 1 is 1.00 bits per heavy atom. The number of benzene rings is 2. The third kappa shape index (κ3) is 4.22. The maximum Gasteiger partial charge on any atom is 0.339 e. The van der Waals surface area contributed by atoms with Crippen LogP contribution in [0.2, 0.25) is 0 Å². The Balaban J connectivity index is 1.74. The van der Waals surface area contributed by atoms with Gasteiger partial charge in [-0.3, -0.25) is 4.90 Å². The summed E-state index contributed by atoms with van der Waals surface area (Å²) in [7, 11) is -2.57. The molecule has 1 aliphatic heterocycles. The van der Waals surface area contributed by atoms with Crippen molar-refractivity contribution in [3.05, 3.63) is 48.5 Å². The van der Waals surface area contributed by atoms with Gasteiger partial charge in [0.25, 0.3) is 0 Å². The molecular weight excluding hydrogens is 380 g/mol. The van der Waals surface area contributed by atoms with Gasteiger partial charge in [0.05, 0.1) is 7.11 Å². The van der Waals surface area contributed by atoms with E-state index in [2.05, 4.69) is 6.92 Å². The molecule has 0 atom stereocenters. The van der Waals surface area contributed by atoms with Crippen LogP contribution < -0.4 is 13.8 Å². The van der Waals surface area contributed by atoms with Crippen molar-refractivity contribution in [3.63, 3.8) is 0 Å². The molecule has 3 rings (SSSR count). The minimum Gasteiger partial charge on any atom is -0.493 e. The standard InChI is InChI=1S/C20H24N2O5S/c1-3-4-13-21-14-15-22(20(21)23)16-9-11-17(12-10-16)28(24,25)27-19-8-6-5-7-18(19)26-2/h5-12H,3-4,13-15H2,1-2H3. The fraction of sp³-hybridized carbons (Fsp3) is 0.350. The fourth-order valence-corrected chi connectivity index (χ4v) is 3.97. The van der Waals surface area contributed by atoms with Crippen molar-refractivity contribution in [2.24, 2.45) is 0 Å². The molecule has 0 unspecified atom stereocenters. The number of anilines is 1. The lowest BCUT2D eigenvalue weighted by atomic mass is 10.3. The number of unbranched alkanes of at least 4 members (excludes halogenated alkanes) is 1. The highest BCUT2D eigenvalue weighted by Crippen LogP contribution is 2.30. The molecule has 28 heavy (non-hydrogen) atoms. The fourth-order valence-electron chi connectivity index (χ4n) is 3.03. The number of urea groups is 1. The van der Waals surface area contributed by atoms with E-state index >= 15 is 0 Å². The predicted octanol–water partition coefficient (Wildman–Crippen LogP) is 3.51. The summed E-state index contributed by atoms with van der Waals surface area (Å²) in [6, 6.07) is 12.6. The van der Waals surface area contributed by atoms with Gasteiger partial charge in [0.15, 0.2) is 11.5 Å². The highest BCUT2D eigenvalue weighted by atomic mass is 32.2. The van der Waals surface area contributed by atoms with Crippen molar-refractivity contribution in [3.8, 4) is 11.5 Å². The Bertz CT molecular complexity index is 928. The van der Waals surface area contributed by atoms with E-state index in [9.17, 15) is 13.2 Å². The van der Waals surface area contributed by atoms with Crippen LogP contribution in [-0.4, -0.2) is 46.1 Å². The van der Waals surface area contributed by atoms with Crippen molar-refractivity contribution >= 4 is 21.8 Å². The third-order valence-corrected chi connectivity index (χ3v) is 5.83. The monoisotopic (exact) mass is 404 g/mol. The van der Waals surface area contributed by atoms with Gasteiger partial charge < -0.3 is 13.8 Å². The Kier molecular flexibility index (Phi) is 6.08. The molecule has 0 N–H and O–H groups in total. The first-order valence-corrected chi connectivity index (χ1v) is 10.6. The molecule has 0 bridgehead atoms. The molecule has 0 aliphatic carbocycles. The average Bonchev–Trinajstić information content (AvgIpc) is 3.07. The molecule has 0 aromatic heterocycles. The second-order valence-corrected chi connectivity index (χ2v) is 8.00. The Morgan fingerprint density at radius 3 is 2.32 bits per heavy atom. The number of nitrogens with zero attached hydrogens (tertiary/aromatic N) is 2. The van der Waals surface area contributed by atoms with Gasteiger partial charge in [-0.05, 0) is 42.8 Å². The van der Waals surface area contributed by atoms with Gasteiger partial charge in [-0.1, -0.05) is 25.5 Å². The van der Waals surface area contributed by atoms with Gasteiger partial charge in [-0.15, -0.1) is 0 Å². The van der Waals surface area contributed by atoms with Crippen LogP contribution in [0.3, 0.4) is 0 Å². The topological polar surface area (TPSA) is 76.2 Å². The number of amides is 2. The normalized spacial score (nSPS) is 14.4. The van der Waals surface area contributed by atoms with Gasteiger partial charge in [0, 0.05) is 25.3 Å². The van der Waals surface area contributed by atoms with Crippen LogP contribution in [0, 0.1) is 0 Å². The Labute approximate surface area is 165 Å². The molecule has 1 aliphatic rings. The van der Waals surface area contributed by atoms with Crippen LogP contribution in [0.1, 0.15) is 19.8 Å². The molecule has 7 nitrogen and oxygen atoms in total. The highest BCUT2D eigenvalue weighted by Gasteiger charge is 2.29. The largest absolute Gasteiger partial charge is 0.493 e. The van der Waals surface area contributed by atoms with Crippen LogP contribution >= 0.6 is 0 Å². The van der Waals surface area contributed by atoms with E-state index in [0.717, 1.165) is 19.4 Å². The summed E-state index contributed by atoms with van der Waals surface area (Å²) in [5.74, 6) is 0.452. The van der Waals surface area contributed by atoms with Gasteiger partial charge in [-0.25, -0.2) is 4.79 Å². The average molecular weight is 404 g/mol. The predicted molar refractivity (Wildman–Crippen MR) is 106 cm³/mol. The maximum absolute atomic E-state index is 12.6. The van der Waals surface area contributed by atoms with Crippen LogP contribution in [0.4, 0.5) is 10.5 Å². The Hall–Kier alpha value is -2.74. The molecule has 1 saturated heterocycles. The zero-order valence-corrected chi connectivity index (χ0v) is 16.8. The number of rotatable bonds is 8. The van der Waals surface area contributed by atoms with Crippen LogP contribution in [0.5, 0.6) is 11.5 Å². The summed E-state index contributed by atoms with van der Waals surface area (Å²) in [6.45, 7) is 4.10. The molecule has 2 aromatic rings. The number of methoxy groups -OCH3 is 1. The van der Waals surface area contributed by atoms with E-state index in [0.29, 0.717) is 24.5 Å². The first kappa shape index (κ1) is 20.0. The van der Waals surface area contributed by atoms with Crippen LogP contribution in [0.15, 0.2) is 53.4 Å². The third-order valence-electron chi connectivity index (χ3n) is 4.58. The minimum atomic E-state index is -4.02. The number of para-hydroxylation sites is 2. The van der Waals surface area contributed by atoms with Crippen molar-refractivity contribution in [2.45, 2.75) is 24.7 Å². The summed E-state index contributed by atoms with van der Waals surface area (Å²) in [5.41, 5.74) is 0.667. The summed E-state index contributed by atoms with van der Waals surface area (Å²) < 4.78 is 35.5. The quantitative estimate of drug-likeness (QED) is 0.630. The number of hydrogen-bond donors (Lipinski definition) is 0. The first-order chi connectivity index (χ1) is 13.5.